The van der Waals surface area contributed by atoms with Crippen LogP contribution in [0.1, 0.15) is 24.8 Å². The fourth-order valence-electron chi connectivity index (χ4n) is 3.99. The van der Waals surface area contributed by atoms with Crippen LogP contribution in [-0.4, -0.2) is 52.7 Å². The van der Waals surface area contributed by atoms with Gasteiger partial charge in [-0.15, -0.1) is 10.2 Å². The summed E-state index contributed by atoms with van der Waals surface area (Å²) in [5.41, 5.74) is -0.428. The van der Waals surface area contributed by atoms with E-state index in [1.54, 1.807) is 18.5 Å². The van der Waals surface area contributed by atoms with Gasteiger partial charge in [-0.05, 0) is 50.7 Å². The van der Waals surface area contributed by atoms with Crippen LogP contribution in [0.25, 0.3) is 22.0 Å². The summed E-state index contributed by atoms with van der Waals surface area (Å²) in [6, 6.07) is 4.90. The Morgan fingerprint density at radius 1 is 1.19 bits per heavy atom. The summed E-state index contributed by atoms with van der Waals surface area (Å²) < 4.78 is 44.3. The number of hydrogen-bond acceptors (Lipinski definition) is 7. The number of aromatic nitrogens is 3. The zero-order valence-electron chi connectivity index (χ0n) is 17.4. The minimum absolute atomic E-state index is 0.0886. The van der Waals surface area contributed by atoms with Crippen molar-refractivity contribution in [3.63, 3.8) is 0 Å². The van der Waals surface area contributed by atoms with Gasteiger partial charge in [0.1, 0.15) is 11.4 Å². The zero-order valence-corrected chi connectivity index (χ0v) is 17.4. The Hall–Kier alpha value is -3.27. The monoisotopic (exact) mass is 445 g/mol. The van der Waals surface area contributed by atoms with E-state index >= 15 is 0 Å². The number of nitrogens with one attached hydrogen (secondary N) is 1. The Morgan fingerprint density at radius 3 is 2.81 bits per heavy atom. The van der Waals surface area contributed by atoms with Crippen molar-refractivity contribution >= 4 is 23.1 Å². The van der Waals surface area contributed by atoms with Crippen LogP contribution in [-0.2, 0) is 11.0 Å². The van der Waals surface area contributed by atoms with Gasteiger partial charge in [0.15, 0.2) is 5.82 Å². The first-order valence-electron chi connectivity index (χ1n) is 10.2. The highest BCUT2D eigenvalue weighted by Crippen LogP contribution is 2.39. The molecule has 10 heteroatoms. The molecule has 1 fully saturated rings. The third-order valence-electron chi connectivity index (χ3n) is 5.54. The molecule has 1 aliphatic rings. The molecule has 1 unspecified atom stereocenters. The standard InChI is InChI=1S/C22H22F3N5O2/c1-30-9-3-2-4-15(12-30)27-21-16-7-8-26-11-18(16)20(28-29-21)17-6-5-14(22(23,24)25)10-19(17)32-13-31/h5-8,10-11,13,15H,2-4,9,12H2,1H3,(H,27,29). The third-order valence-corrected chi connectivity index (χ3v) is 5.54. The molecule has 3 aromatic rings. The minimum Gasteiger partial charge on any atom is -0.428 e. The number of likely N-dealkylation sites (tertiary alicyclic amines) is 1. The largest absolute Gasteiger partial charge is 0.428 e. The van der Waals surface area contributed by atoms with Crippen molar-refractivity contribution in [3.05, 3.63) is 42.2 Å². The third kappa shape index (κ3) is 4.64. The van der Waals surface area contributed by atoms with E-state index in [1.165, 1.54) is 6.07 Å². The Bertz CT molecular complexity index is 1120. The quantitative estimate of drug-likeness (QED) is 0.591. The van der Waals surface area contributed by atoms with Gasteiger partial charge in [0.05, 0.1) is 5.56 Å². The topological polar surface area (TPSA) is 80.2 Å². The molecule has 0 radical (unpaired) electrons. The molecule has 0 spiro atoms. The molecule has 7 nitrogen and oxygen atoms in total. The maximum atomic E-state index is 13.1. The number of likely N-dealkylation sites (N-methyl/N-ethyl adjacent to an activating group) is 1. The van der Waals surface area contributed by atoms with E-state index in [4.69, 9.17) is 4.74 Å². The van der Waals surface area contributed by atoms with Gasteiger partial charge in [0.2, 0.25) is 0 Å². The van der Waals surface area contributed by atoms with Gasteiger partial charge in [0, 0.05) is 41.3 Å². The molecule has 1 aromatic carbocycles. The normalized spacial score (nSPS) is 17.7. The van der Waals surface area contributed by atoms with E-state index in [9.17, 15) is 18.0 Å². The molecule has 168 valence electrons. The molecule has 32 heavy (non-hydrogen) atoms. The van der Waals surface area contributed by atoms with Crippen molar-refractivity contribution in [2.75, 3.05) is 25.5 Å². The Labute approximate surface area is 182 Å². The molecule has 0 saturated carbocycles. The SMILES string of the molecule is CN1CCCCC(Nc2nnc(-c3ccc(C(F)(F)F)cc3OC=O)c3cnccc23)C1. The number of alkyl halides is 3. The van der Waals surface area contributed by atoms with Gasteiger partial charge in [-0.2, -0.15) is 13.2 Å². The molecule has 0 bridgehead atoms. The summed E-state index contributed by atoms with van der Waals surface area (Å²) in [5.74, 6) is 0.330. The maximum absolute atomic E-state index is 13.1. The number of nitrogens with zero attached hydrogens (tertiary/aromatic N) is 4. The van der Waals surface area contributed by atoms with Gasteiger partial charge in [-0.25, -0.2) is 0 Å². The number of anilines is 1. The maximum Gasteiger partial charge on any atom is 0.416 e. The first-order chi connectivity index (χ1) is 15.4. The van der Waals surface area contributed by atoms with Crippen LogP contribution < -0.4 is 10.1 Å². The number of carbonyl (C=O) groups is 1. The second kappa shape index (κ2) is 9.07. The summed E-state index contributed by atoms with van der Waals surface area (Å²) >= 11 is 0. The second-order valence-electron chi connectivity index (χ2n) is 7.84. The van der Waals surface area contributed by atoms with Crippen molar-refractivity contribution in [1.82, 2.24) is 20.1 Å². The van der Waals surface area contributed by atoms with Crippen LogP contribution in [0, 0.1) is 0 Å². The molecule has 2 aromatic heterocycles. The second-order valence-corrected chi connectivity index (χ2v) is 7.84. The number of ether oxygens (including phenoxy) is 1. The summed E-state index contributed by atoms with van der Waals surface area (Å²) in [5, 5.41) is 13.4. The molecule has 1 saturated heterocycles. The zero-order chi connectivity index (χ0) is 22.7. The number of fused-ring (bicyclic) bond motifs is 1. The van der Waals surface area contributed by atoms with Gasteiger partial charge in [0.25, 0.3) is 6.47 Å². The predicted molar refractivity (Wildman–Crippen MR) is 113 cm³/mol. The smallest absolute Gasteiger partial charge is 0.416 e. The summed E-state index contributed by atoms with van der Waals surface area (Å²) in [6.45, 7) is 2.00. The molecule has 1 atom stereocenters. The van der Waals surface area contributed by atoms with Crippen molar-refractivity contribution in [2.45, 2.75) is 31.5 Å². The molecular weight excluding hydrogens is 423 g/mol. The van der Waals surface area contributed by atoms with Crippen LogP contribution >= 0.6 is 0 Å². The lowest BCUT2D eigenvalue weighted by molar-refractivity contribution is -0.138. The van der Waals surface area contributed by atoms with E-state index in [0.29, 0.717) is 11.2 Å². The first-order valence-corrected chi connectivity index (χ1v) is 10.2. The fourth-order valence-corrected chi connectivity index (χ4v) is 3.99. The van der Waals surface area contributed by atoms with E-state index in [0.717, 1.165) is 49.9 Å². The van der Waals surface area contributed by atoms with Crippen LogP contribution in [0.15, 0.2) is 36.7 Å². The number of pyridine rings is 1. The molecule has 1 aliphatic heterocycles. The van der Waals surface area contributed by atoms with Crippen LogP contribution in [0.3, 0.4) is 0 Å². The highest BCUT2D eigenvalue weighted by Gasteiger charge is 2.32. The lowest BCUT2D eigenvalue weighted by Gasteiger charge is -2.22. The summed E-state index contributed by atoms with van der Waals surface area (Å²) in [4.78, 5) is 17.4. The van der Waals surface area contributed by atoms with E-state index in [2.05, 4.69) is 32.4 Å². The molecule has 3 heterocycles. The van der Waals surface area contributed by atoms with Crippen molar-refractivity contribution in [2.24, 2.45) is 0 Å². The Kier molecular flexibility index (Phi) is 6.22. The average Bonchev–Trinajstić information content (AvgIpc) is 2.97. The highest BCUT2D eigenvalue weighted by molar-refractivity contribution is 6.00. The van der Waals surface area contributed by atoms with Crippen LogP contribution in [0.5, 0.6) is 5.75 Å². The number of hydrogen-bond donors (Lipinski definition) is 1. The minimum atomic E-state index is -4.57. The van der Waals surface area contributed by atoms with Gasteiger partial charge >= 0.3 is 6.18 Å². The lowest BCUT2D eigenvalue weighted by atomic mass is 10.0. The molecule has 0 amide bonds. The van der Waals surface area contributed by atoms with Crippen LogP contribution in [0.2, 0.25) is 0 Å². The van der Waals surface area contributed by atoms with Gasteiger partial charge in [-0.3, -0.25) is 9.78 Å². The molecule has 0 aliphatic carbocycles. The van der Waals surface area contributed by atoms with E-state index < -0.39 is 11.7 Å². The number of carbonyl (C=O) groups excluding carboxylic acids is 1. The number of rotatable bonds is 5. The van der Waals surface area contributed by atoms with Crippen LogP contribution in [0.4, 0.5) is 19.0 Å². The molecule has 4 rings (SSSR count). The summed E-state index contributed by atoms with van der Waals surface area (Å²) in [6.07, 6.45) is 1.85. The average molecular weight is 445 g/mol. The highest BCUT2D eigenvalue weighted by atomic mass is 19.4. The summed E-state index contributed by atoms with van der Waals surface area (Å²) in [7, 11) is 2.08. The van der Waals surface area contributed by atoms with E-state index in [-0.39, 0.29) is 29.5 Å². The molecular formula is C22H22F3N5O2. The van der Waals surface area contributed by atoms with E-state index in [1.807, 2.05) is 0 Å². The first kappa shape index (κ1) is 21.9. The Morgan fingerprint density at radius 2 is 2.03 bits per heavy atom. The Balaban J connectivity index is 1.77. The number of benzene rings is 1. The van der Waals surface area contributed by atoms with Crippen molar-refractivity contribution in [1.29, 1.82) is 0 Å². The fraction of sp³-hybridized carbons (Fsp3) is 0.364. The van der Waals surface area contributed by atoms with Gasteiger partial charge < -0.3 is 15.0 Å². The van der Waals surface area contributed by atoms with Gasteiger partial charge in [-0.1, -0.05) is 6.42 Å². The molecule has 1 N–H and O–H groups in total. The number of halogens is 3. The lowest BCUT2D eigenvalue weighted by Crippen LogP contribution is -2.33. The van der Waals surface area contributed by atoms with Crippen molar-refractivity contribution < 1.29 is 22.7 Å². The van der Waals surface area contributed by atoms with Crippen molar-refractivity contribution in [3.8, 4) is 17.0 Å². The predicted octanol–water partition coefficient (Wildman–Crippen LogP) is 4.14.